The smallest absolute Gasteiger partial charge is 0.451 e. The van der Waals surface area contributed by atoms with E-state index in [0.29, 0.717) is 17.2 Å². The topological polar surface area (TPSA) is 78.3 Å². The summed E-state index contributed by atoms with van der Waals surface area (Å²) in [5.41, 5.74) is 0.390. The van der Waals surface area contributed by atoms with Gasteiger partial charge in [0.15, 0.2) is 5.16 Å². The molecule has 25 heavy (non-hydrogen) atoms. The van der Waals surface area contributed by atoms with Crippen molar-refractivity contribution in [1.82, 2.24) is 14.8 Å². The highest BCUT2D eigenvalue weighted by molar-refractivity contribution is 7.99. The van der Waals surface area contributed by atoms with Crippen molar-refractivity contribution < 1.29 is 27.4 Å². The lowest BCUT2D eigenvalue weighted by Gasteiger charge is -2.11. The summed E-state index contributed by atoms with van der Waals surface area (Å²) < 4.78 is 49.0. The molecule has 1 aromatic heterocycles. The van der Waals surface area contributed by atoms with Gasteiger partial charge >= 0.3 is 6.18 Å². The molecule has 0 saturated heterocycles. The number of thioether (sulfide) groups is 1. The van der Waals surface area contributed by atoms with Gasteiger partial charge in [0.05, 0.1) is 25.7 Å². The molecule has 0 bridgehead atoms. The van der Waals surface area contributed by atoms with E-state index in [-0.39, 0.29) is 10.9 Å². The summed E-state index contributed by atoms with van der Waals surface area (Å²) in [5.74, 6) is -0.758. The van der Waals surface area contributed by atoms with Crippen LogP contribution in [0, 0.1) is 0 Å². The van der Waals surface area contributed by atoms with Gasteiger partial charge in [0.25, 0.3) is 0 Å². The molecular weight excluding hydrogens is 361 g/mol. The number of rotatable bonds is 6. The van der Waals surface area contributed by atoms with Crippen molar-refractivity contribution in [3.05, 3.63) is 24.0 Å². The molecule has 0 radical (unpaired) electrons. The number of carbonyl (C=O) groups excluding carboxylic acids is 1. The quantitative estimate of drug-likeness (QED) is 0.781. The van der Waals surface area contributed by atoms with Gasteiger partial charge in [-0.1, -0.05) is 11.8 Å². The van der Waals surface area contributed by atoms with Crippen molar-refractivity contribution in [3.8, 4) is 11.5 Å². The summed E-state index contributed by atoms with van der Waals surface area (Å²) in [5, 5.41) is 9.16. The van der Waals surface area contributed by atoms with Gasteiger partial charge in [-0.25, -0.2) is 0 Å². The van der Waals surface area contributed by atoms with Gasteiger partial charge in [0.2, 0.25) is 11.7 Å². The number of ether oxygens (including phenoxy) is 2. The predicted octanol–water partition coefficient (Wildman–Crippen LogP) is 2.58. The molecule has 11 heteroatoms. The van der Waals surface area contributed by atoms with Crippen LogP contribution in [0.15, 0.2) is 23.4 Å². The van der Waals surface area contributed by atoms with E-state index < -0.39 is 17.9 Å². The van der Waals surface area contributed by atoms with Crippen LogP contribution in [0.2, 0.25) is 0 Å². The summed E-state index contributed by atoms with van der Waals surface area (Å²) in [6.45, 7) is 0. The first-order valence-corrected chi connectivity index (χ1v) is 7.86. The number of nitrogens with zero attached hydrogens (tertiary/aromatic N) is 3. The Bertz CT molecular complexity index is 764. The average molecular weight is 376 g/mol. The zero-order chi connectivity index (χ0) is 18.6. The molecule has 1 heterocycles. The van der Waals surface area contributed by atoms with Crippen molar-refractivity contribution in [1.29, 1.82) is 0 Å². The van der Waals surface area contributed by atoms with Gasteiger partial charge in [-0.15, -0.1) is 10.2 Å². The van der Waals surface area contributed by atoms with E-state index >= 15 is 0 Å². The summed E-state index contributed by atoms with van der Waals surface area (Å²) in [7, 11) is 4.12. The third-order valence-electron chi connectivity index (χ3n) is 3.10. The molecule has 0 aliphatic rings. The predicted molar refractivity (Wildman–Crippen MR) is 84.9 cm³/mol. The largest absolute Gasteiger partial charge is 0.497 e. The summed E-state index contributed by atoms with van der Waals surface area (Å²) in [6.07, 6.45) is -4.60. The number of nitrogens with one attached hydrogen (secondary N) is 1. The SMILES string of the molecule is COc1ccc(OC)c(NC(=O)CSc2nnc(C(F)(F)F)n2C)c1. The van der Waals surface area contributed by atoms with E-state index in [2.05, 4.69) is 15.5 Å². The number of hydrogen-bond acceptors (Lipinski definition) is 6. The van der Waals surface area contributed by atoms with Crippen molar-refractivity contribution in [2.75, 3.05) is 25.3 Å². The zero-order valence-corrected chi connectivity index (χ0v) is 14.4. The molecule has 7 nitrogen and oxygen atoms in total. The zero-order valence-electron chi connectivity index (χ0n) is 13.5. The van der Waals surface area contributed by atoms with E-state index in [1.807, 2.05) is 0 Å². The Morgan fingerprint density at radius 3 is 2.56 bits per heavy atom. The molecular formula is C14H15F3N4O3S. The van der Waals surface area contributed by atoms with Gasteiger partial charge in [0.1, 0.15) is 11.5 Å². The van der Waals surface area contributed by atoms with Crippen LogP contribution >= 0.6 is 11.8 Å². The van der Waals surface area contributed by atoms with Gasteiger partial charge in [-0.2, -0.15) is 13.2 Å². The molecule has 1 N–H and O–H groups in total. The number of hydrogen-bond donors (Lipinski definition) is 1. The number of halogens is 3. The Balaban J connectivity index is 2.03. The normalized spacial score (nSPS) is 11.3. The van der Waals surface area contributed by atoms with Crippen molar-refractivity contribution in [2.24, 2.45) is 7.05 Å². The Morgan fingerprint density at radius 1 is 1.28 bits per heavy atom. The highest BCUT2D eigenvalue weighted by Crippen LogP contribution is 2.31. The molecule has 2 rings (SSSR count). The molecule has 0 unspecified atom stereocenters. The Kier molecular flexibility index (Phi) is 5.77. The second kappa shape index (κ2) is 7.64. The highest BCUT2D eigenvalue weighted by Gasteiger charge is 2.37. The number of amides is 1. The summed E-state index contributed by atoms with van der Waals surface area (Å²) in [4.78, 5) is 12.1. The minimum Gasteiger partial charge on any atom is -0.497 e. The van der Waals surface area contributed by atoms with Crippen LogP contribution in [0.4, 0.5) is 18.9 Å². The molecule has 0 fully saturated rings. The summed E-state index contributed by atoms with van der Waals surface area (Å²) in [6, 6.07) is 4.87. The van der Waals surface area contributed by atoms with Gasteiger partial charge in [-0.3, -0.25) is 4.79 Å². The lowest BCUT2D eigenvalue weighted by Crippen LogP contribution is -2.16. The third kappa shape index (κ3) is 4.56. The first-order chi connectivity index (χ1) is 11.8. The Morgan fingerprint density at radius 2 is 2.00 bits per heavy atom. The maximum Gasteiger partial charge on any atom is 0.451 e. The number of aromatic nitrogens is 3. The molecule has 0 spiro atoms. The van der Waals surface area contributed by atoms with Crippen LogP contribution in [0.25, 0.3) is 0 Å². The second-order valence-electron chi connectivity index (χ2n) is 4.77. The minimum absolute atomic E-state index is 0.0138. The van der Waals surface area contributed by atoms with E-state index in [4.69, 9.17) is 9.47 Å². The molecule has 1 amide bonds. The lowest BCUT2D eigenvalue weighted by molar-refractivity contribution is -0.147. The standard InChI is InChI=1S/C14H15F3N4O3S/c1-21-12(14(15,16)17)19-20-13(21)25-7-11(22)18-9-6-8(23-2)4-5-10(9)24-3/h4-6H,7H2,1-3H3,(H,18,22). The Hall–Kier alpha value is -2.43. The molecule has 1 aromatic carbocycles. The van der Waals surface area contributed by atoms with Crippen LogP contribution in [-0.4, -0.2) is 40.6 Å². The first kappa shape index (κ1) is 18.9. The van der Waals surface area contributed by atoms with Crippen LogP contribution in [0.3, 0.4) is 0 Å². The third-order valence-corrected chi connectivity index (χ3v) is 4.12. The first-order valence-electron chi connectivity index (χ1n) is 6.87. The van der Waals surface area contributed by atoms with Crippen LogP contribution in [-0.2, 0) is 18.0 Å². The van der Waals surface area contributed by atoms with Crippen molar-refractivity contribution in [2.45, 2.75) is 11.3 Å². The number of alkyl halides is 3. The minimum atomic E-state index is -4.60. The highest BCUT2D eigenvalue weighted by atomic mass is 32.2. The molecule has 0 atom stereocenters. The number of methoxy groups -OCH3 is 2. The molecule has 136 valence electrons. The van der Waals surface area contributed by atoms with Gasteiger partial charge in [-0.05, 0) is 12.1 Å². The number of carbonyl (C=O) groups is 1. The molecule has 0 aliphatic carbocycles. The Labute approximate surface area is 145 Å². The summed E-state index contributed by atoms with van der Waals surface area (Å²) >= 11 is 0.840. The average Bonchev–Trinajstić information content (AvgIpc) is 2.93. The fourth-order valence-corrected chi connectivity index (χ4v) is 2.63. The number of anilines is 1. The van der Waals surface area contributed by atoms with Crippen LogP contribution < -0.4 is 14.8 Å². The van der Waals surface area contributed by atoms with Crippen LogP contribution in [0.5, 0.6) is 11.5 Å². The maximum atomic E-state index is 12.7. The fourth-order valence-electron chi connectivity index (χ4n) is 1.92. The maximum absolute atomic E-state index is 12.7. The van der Waals surface area contributed by atoms with E-state index in [1.165, 1.54) is 21.3 Å². The van der Waals surface area contributed by atoms with Crippen molar-refractivity contribution in [3.63, 3.8) is 0 Å². The number of benzene rings is 1. The monoisotopic (exact) mass is 376 g/mol. The van der Waals surface area contributed by atoms with Crippen molar-refractivity contribution >= 4 is 23.4 Å². The van der Waals surface area contributed by atoms with E-state index in [0.717, 1.165) is 16.3 Å². The molecule has 0 saturated carbocycles. The fraction of sp³-hybridized carbons (Fsp3) is 0.357. The van der Waals surface area contributed by atoms with Gasteiger partial charge in [0, 0.05) is 13.1 Å². The van der Waals surface area contributed by atoms with E-state index in [9.17, 15) is 18.0 Å². The van der Waals surface area contributed by atoms with Crippen LogP contribution in [0.1, 0.15) is 5.82 Å². The van der Waals surface area contributed by atoms with E-state index in [1.54, 1.807) is 18.2 Å². The van der Waals surface area contributed by atoms with Gasteiger partial charge < -0.3 is 19.4 Å². The molecule has 2 aromatic rings. The second-order valence-corrected chi connectivity index (χ2v) is 5.71. The lowest BCUT2D eigenvalue weighted by atomic mass is 10.2. The molecule has 0 aliphatic heterocycles.